The zero-order valence-electron chi connectivity index (χ0n) is 10.2. The molecule has 0 spiro atoms. The largest absolute Gasteiger partial charge is 0.493 e. The summed E-state index contributed by atoms with van der Waals surface area (Å²) in [5.74, 6) is 0.970. The van der Waals surface area contributed by atoms with E-state index in [4.69, 9.17) is 9.47 Å². The first-order valence-corrected chi connectivity index (χ1v) is 5.75. The van der Waals surface area contributed by atoms with Crippen molar-refractivity contribution in [3.63, 3.8) is 0 Å². The van der Waals surface area contributed by atoms with Crippen molar-refractivity contribution < 1.29 is 9.47 Å². The van der Waals surface area contributed by atoms with Gasteiger partial charge in [-0.1, -0.05) is 18.2 Å². The molecule has 1 N–H and O–H groups in total. The molecule has 0 aliphatic heterocycles. The zero-order chi connectivity index (χ0) is 11.6. The second-order valence-electron chi connectivity index (χ2n) is 3.68. The summed E-state index contributed by atoms with van der Waals surface area (Å²) in [5.41, 5.74) is 1.18. The first-order chi connectivity index (χ1) is 7.84. The van der Waals surface area contributed by atoms with Crippen LogP contribution in [0.15, 0.2) is 24.3 Å². The van der Waals surface area contributed by atoms with Crippen LogP contribution in [0, 0.1) is 6.92 Å². The Morgan fingerprint density at radius 2 is 1.94 bits per heavy atom. The van der Waals surface area contributed by atoms with E-state index in [1.165, 1.54) is 5.56 Å². The molecule has 0 aromatic heterocycles. The molecule has 0 bridgehead atoms. The maximum absolute atomic E-state index is 5.65. The molecule has 1 aromatic carbocycles. The lowest BCUT2D eigenvalue weighted by Crippen LogP contribution is -2.15. The second-order valence-corrected chi connectivity index (χ2v) is 3.68. The molecular weight excluding hydrogens is 202 g/mol. The van der Waals surface area contributed by atoms with E-state index in [2.05, 4.69) is 18.3 Å². The SMILES string of the molecule is CNCCOCCCOc1ccccc1C. The summed E-state index contributed by atoms with van der Waals surface area (Å²) in [6.07, 6.45) is 0.929. The van der Waals surface area contributed by atoms with Gasteiger partial charge in [-0.15, -0.1) is 0 Å². The zero-order valence-corrected chi connectivity index (χ0v) is 10.2. The Kier molecular flexibility index (Phi) is 6.61. The Morgan fingerprint density at radius 1 is 1.12 bits per heavy atom. The Morgan fingerprint density at radius 3 is 2.69 bits per heavy atom. The highest BCUT2D eigenvalue weighted by Gasteiger charge is 1.96. The minimum Gasteiger partial charge on any atom is -0.493 e. The van der Waals surface area contributed by atoms with Crippen molar-refractivity contribution in [1.29, 1.82) is 0 Å². The standard InChI is InChI=1S/C13H21NO2/c1-12-6-3-4-7-13(12)16-10-5-9-15-11-8-14-2/h3-4,6-7,14H,5,8-11H2,1-2H3. The smallest absolute Gasteiger partial charge is 0.122 e. The summed E-state index contributed by atoms with van der Waals surface area (Å²) < 4.78 is 11.0. The highest BCUT2D eigenvalue weighted by molar-refractivity contribution is 5.31. The molecule has 0 saturated carbocycles. The average Bonchev–Trinajstić information content (AvgIpc) is 2.30. The number of likely N-dealkylation sites (N-methyl/N-ethyl adjacent to an activating group) is 1. The summed E-state index contributed by atoms with van der Waals surface area (Å²) in [7, 11) is 1.92. The Bertz CT molecular complexity index is 289. The quantitative estimate of drug-likeness (QED) is 0.684. The third kappa shape index (κ3) is 5.14. The number of ether oxygens (including phenoxy) is 2. The monoisotopic (exact) mass is 223 g/mol. The summed E-state index contributed by atoms with van der Waals surface area (Å²) in [6.45, 7) is 5.19. The lowest BCUT2D eigenvalue weighted by Gasteiger charge is -2.08. The third-order valence-corrected chi connectivity index (χ3v) is 2.28. The molecule has 0 heterocycles. The molecule has 0 aliphatic rings. The molecule has 0 fully saturated rings. The van der Waals surface area contributed by atoms with Gasteiger partial charge in [-0.2, -0.15) is 0 Å². The van der Waals surface area contributed by atoms with Gasteiger partial charge in [-0.25, -0.2) is 0 Å². The van der Waals surface area contributed by atoms with Gasteiger partial charge in [-0.05, 0) is 25.6 Å². The molecule has 3 nitrogen and oxygen atoms in total. The minimum absolute atomic E-state index is 0.713. The molecule has 1 rings (SSSR count). The van der Waals surface area contributed by atoms with Crippen LogP contribution in [0.1, 0.15) is 12.0 Å². The lowest BCUT2D eigenvalue weighted by atomic mass is 10.2. The number of para-hydroxylation sites is 1. The van der Waals surface area contributed by atoms with Crippen molar-refractivity contribution in [3.05, 3.63) is 29.8 Å². The van der Waals surface area contributed by atoms with E-state index in [0.29, 0.717) is 6.61 Å². The van der Waals surface area contributed by atoms with E-state index in [0.717, 1.165) is 31.9 Å². The van der Waals surface area contributed by atoms with Crippen LogP contribution in [0.4, 0.5) is 0 Å². The van der Waals surface area contributed by atoms with Crippen molar-refractivity contribution in [1.82, 2.24) is 5.32 Å². The maximum Gasteiger partial charge on any atom is 0.122 e. The van der Waals surface area contributed by atoms with Crippen LogP contribution in [0.5, 0.6) is 5.75 Å². The number of benzene rings is 1. The molecule has 1 aromatic rings. The normalized spacial score (nSPS) is 10.4. The fourth-order valence-electron chi connectivity index (χ4n) is 1.34. The van der Waals surface area contributed by atoms with Crippen LogP contribution in [0.3, 0.4) is 0 Å². The highest BCUT2D eigenvalue weighted by atomic mass is 16.5. The predicted octanol–water partition coefficient (Wildman–Crippen LogP) is 2.00. The molecule has 0 aliphatic carbocycles. The molecule has 0 atom stereocenters. The van der Waals surface area contributed by atoms with Crippen LogP contribution in [-0.4, -0.2) is 33.4 Å². The predicted molar refractivity (Wildman–Crippen MR) is 66.0 cm³/mol. The van der Waals surface area contributed by atoms with Crippen LogP contribution in [0.2, 0.25) is 0 Å². The topological polar surface area (TPSA) is 30.5 Å². The molecule has 0 unspecified atom stereocenters. The molecular formula is C13H21NO2. The summed E-state index contributed by atoms with van der Waals surface area (Å²) in [4.78, 5) is 0. The van der Waals surface area contributed by atoms with Gasteiger partial charge in [0.25, 0.3) is 0 Å². The Balaban J connectivity index is 2.05. The van der Waals surface area contributed by atoms with Gasteiger partial charge in [0.1, 0.15) is 5.75 Å². The van der Waals surface area contributed by atoms with Crippen LogP contribution < -0.4 is 10.1 Å². The van der Waals surface area contributed by atoms with E-state index >= 15 is 0 Å². The third-order valence-electron chi connectivity index (χ3n) is 2.28. The van der Waals surface area contributed by atoms with Crippen LogP contribution >= 0.6 is 0 Å². The van der Waals surface area contributed by atoms with Crippen molar-refractivity contribution in [2.24, 2.45) is 0 Å². The number of nitrogens with one attached hydrogen (secondary N) is 1. The fraction of sp³-hybridized carbons (Fsp3) is 0.538. The molecule has 0 saturated heterocycles. The van der Waals surface area contributed by atoms with E-state index in [1.54, 1.807) is 0 Å². The second kappa shape index (κ2) is 8.13. The van der Waals surface area contributed by atoms with Gasteiger partial charge < -0.3 is 14.8 Å². The number of rotatable bonds is 8. The van der Waals surface area contributed by atoms with Crippen molar-refractivity contribution in [2.45, 2.75) is 13.3 Å². The van der Waals surface area contributed by atoms with E-state index in [-0.39, 0.29) is 0 Å². The number of aryl methyl sites for hydroxylation is 1. The van der Waals surface area contributed by atoms with Gasteiger partial charge in [0.15, 0.2) is 0 Å². The molecule has 90 valence electrons. The fourth-order valence-corrected chi connectivity index (χ4v) is 1.34. The van der Waals surface area contributed by atoms with E-state index in [1.807, 2.05) is 25.2 Å². The molecule has 3 heteroatoms. The number of hydrogen-bond acceptors (Lipinski definition) is 3. The van der Waals surface area contributed by atoms with Crippen molar-refractivity contribution in [3.8, 4) is 5.75 Å². The van der Waals surface area contributed by atoms with E-state index in [9.17, 15) is 0 Å². The summed E-state index contributed by atoms with van der Waals surface area (Å²) in [5, 5.41) is 3.04. The molecule has 0 amide bonds. The first-order valence-electron chi connectivity index (χ1n) is 5.75. The first kappa shape index (κ1) is 13.0. The summed E-state index contributed by atoms with van der Waals surface area (Å²) >= 11 is 0. The van der Waals surface area contributed by atoms with Gasteiger partial charge in [-0.3, -0.25) is 0 Å². The van der Waals surface area contributed by atoms with Gasteiger partial charge in [0, 0.05) is 19.6 Å². The van der Waals surface area contributed by atoms with Crippen molar-refractivity contribution >= 4 is 0 Å². The van der Waals surface area contributed by atoms with Crippen LogP contribution in [-0.2, 0) is 4.74 Å². The summed E-state index contributed by atoms with van der Waals surface area (Å²) in [6, 6.07) is 8.06. The number of hydrogen-bond donors (Lipinski definition) is 1. The van der Waals surface area contributed by atoms with Gasteiger partial charge in [0.2, 0.25) is 0 Å². The van der Waals surface area contributed by atoms with E-state index < -0.39 is 0 Å². The minimum atomic E-state index is 0.713. The van der Waals surface area contributed by atoms with Crippen molar-refractivity contribution in [2.75, 3.05) is 33.4 Å². The molecule has 16 heavy (non-hydrogen) atoms. The highest BCUT2D eigenvalue weighted by Crippen LogP contribution is 2.15. The Hall–Kier alpha value is -1.06. The maximum atomic E-state index is 5.65. The molecule has 0 radical (unpaired) electrons. The van der Waals surface area contributed by atoms with Gasteiger partial charge in [0.05, 0.1) is 13.2 Å². The van der Waals surface area contributed by atoms with Gasteiger partial charge >= 0.3 is 0 Å². The Labute approximate surface area is 97.8 Å². The average molecular weight is 223 g/mol. The van der Waals surface area contributed by atoms with Crippen LogP contribution in [0.25, 0.3) is 0 Å². The lowest BCUT2D eigenvalue weighted by molar-refractivity contribution is 0.122.